The molecule has 0 spiro atoms. The Hall–Kier alpha value is -2.00. The molecule has 0 bridgehead atoms. The summed E-state index contributed by atoms with van der Waals surface area (Å²) in [6.07, 6.45) is 0.877. The lowest BCUT2D eigenvalue weighted by molar-refractivity contribution is -0.116. The van der Waals surface area contributed by atoms with E-state index in [0.29, 0.717) is 6.61 Å². The van der Waals surface area contributed by atoms with Crippen LogP contribution in [0.1, 0.15) is 16.5 Å². The fourth-order valence-corrected chi connectivity index (χ4v) is 2.44. The number of amides is 1. The fourth-order valence-electron chi connectivity index (χ4n) is 2.24. The number of ether oxygens (including phenoxy) is 1. The van der Waals surface area contributed by atoms with Gasteiger partial charge < -0.3 is 10.1 Å². The van der Waals surface area contributed by atoms with Crippen molar-refractivity contribution in [2.45, 2.75) is 11.8 Å². The van der Waals surface area contributed by atoms with Crippen molar-refractivity contribution in [1.82, 2.24) is 0 Å². The van der Waals surface area contributed by atoms with E-state index >= 15 is 0 Å². The van der Waals surface area contributed by atoms with E-state index in [1.165, 1.54) is 0 Å². The summed E-state index contributed by atoms with van der Waals surface area (Å²) in [5.41, 5.74) is 2.66. The number of hydrogen-bond donors (Lipinski definition) is 1. The molecule has 4 heteroatoms. The Morgan fingerprint density at radius 2 is 2.00 bits per heavy atom. The molecule has 1 heterocycles. The van der Waals surface area contributed by atoms with Crippen LogP contribution in [0.15, 0.2) is 48.5 Å². The second-order valence-electron chi connectivity index (χ2n) is 4.68. The third-order valence-corrected chi connectivity index (χ3v) is 3.73. The van der Waals surface area contributed by atoms with E-state index in [4.69, 9.17) is 16.3 Å². The Kier molecular flexibility index (Phi) is 3.61. The van der Waals surface area contributed by atoms with E-state index in [0.717, 1.165) is 29.0 Å². The quantitative estimate of drug-likeness (QED) is 0.877. The molecule has 1 atom stereocenters. The molecule has 1 aliphatic rings. The SMILES string of the molecule is O=C(Nc1ccc2c(c1)CCO2)C(Cl)c1ccccc1. The van der Waals surface area contributed by atoms with Crippen LogP contribution in [0.4, 0.5) is 5.69 Å². The summed E-state index contributed by atoms with van der Waals surface area (Å²) in [6, 6.07) is 15.0. The molecule has 1 N–H and O–H groups in total. The molecular weight excluding hydrogens is 274 g/mol. The van der Waals surface area contributed by atoms with Gasteiger partial charge in [-0.1, -0.05) is 30.3 Å². The molecule has 0 aromatic heterocycles. The molecule has 2 aromatic carbocycles. The number of hydrogen-bond acceptors (Lipinski definition) is 2. The van der Waals surface area contributed by atoms with Gasteiger partial charge in [-0.05, 0) is 29.3 Å². The molecule has 0 aliphatic carbocycles. The molecular formula is C16H14ClNO2. The summed E-state index contributed by atoms with van der Waals surface area (Å²) in [6.45, 7) is 0.703. The van der Waals surface area contributed by atoms with Crippen LogP contribution < -0.4 is 10.1 Å². The maximum atomic E-state index is 12.1. The highest BCUT2D eigenvalue weighted by Gasteiger charge is 2.18. The van der Waals surface area contributed by atoms with Crippen LogP contribution in [0.2, 0.25) is 0 Å². The summed E-state index contributed by atoms with van der Waals surface area (Å²) in [7, 11) is 0. The number of nitrogens with one attached hydrogen (secondary N) is 1. The van der Waals surface area contributed by atoms with Crippen molar-refractivity contribution in [3.8, 4) is 5.75 Å². The van der Waals surface area contributed by atoms with Crippen molar-refractivity contribution in [2.75, 3.05) is 11.9 Å². The first kappa shape index (κ1) is 13.0. The van der Waals surface area contributed by atoms with Crippen LogP contribution in [0, 0.1) is 0 Å². The number of fused-ring (bicyclic) bond motifs is 1. The first-order chi connectivity index (χ1) is 9.74. The van der Waals surface area contributed by atoms with Crippen molar-refractivity contribution in [3.63, 3.8) is 0 Å². The fraction of sp³-hybridized carbons (Fsp3) is 0.188. The van der Waals surface area contributed by atoms with E-state index in [2.05, 4.69) is 5.32 Å². The van der Waals surface area contributed by atoms with Gasteiger partial charge in [-0.2, -0.15) is 0 Å². The van der Waals surface area contributed by atoms with Crippen molar-refractivity contribution in [3.05, 3.63) is 59.7 Å². The minimum Gasteiger partial charge on any atom is -0.493 e. The predicted octanol–water partition coefficient (Wildman–Crippen LogP) is 3.54. The van der Waals surface area contributed by atoms with Crippen molar-refractivity contribution < 1.29 is 9.53 Å². The molecule has 3 rings (SSSR count). The van der Waals surface area contributed by atoms with Gasteiger partial charge in [-0.3, -0.25) is 4.79 Å². The van der Waals surface area contributed by atoms with E-state index in [9.17, 15) is 4.79 Å². The average Bonchev–Trinajstić information content (AvgIpc) is 2.95. The van der Waals surface area contributed by atoms with Gasteiger partial charge in [-0.25, -0.2) is 0 Å². The lowest BCUT2D eigenvalue weighted by atomic mass is 10.1. The van der Waals surface area contributed by atoms with Gasteiger partial charge >= 0.3 is 0 Å². The van der Waals surface area contributed by atoms with Gasteiger partial charge in [0.05, 0.1) is 6.61 Å². The predicted molar refractivity (Wildman–Crippen MR) is 79.3 cm³/mol. The topological polar surface area (TPSA) is 38.3 Å². The molecule has 0 radical (unpaired) electrons. The monoisotopic (exact) mass is 287 g/mol. The molecule has 102 valence electrons. The number of anilines is 1. The Balaban J connectivity index is 1.73. The highest BCUT2D eigenvalue weighted by Crippen LogP contribution is 2.29. The van der Waals surface area contributed by atoms with Crippen LogP contribution >= 0.6 is 11.6 Å². The number of rotatable bonds is 3. The highest BCUT2D eigenvalue weighted by molar-refractivity contribution is 6.32. The highest BCUT2D eigenvalue weighted by atomic mass is 35.5. The van der Waals surface area contributed by atoms with E-state index in [-0.39, 0.29) is 5.91 Å². The third kappa shape index (κ3) is 2.63. The molecule has 2 aromatic rings. The molecule has 1 aliphatic heterocycles. The van der Waals surface area contributed by atoms with Crippen molar-refractivity contribution in [1.29, 1.82) is 0 Å². The zero-order valence-corrected chi connectivity index (χ0v) is 11.6. The summed E-state index contributed by atoms with van der Waals surface area (Å²) in [5, 5.41) is 2.15. The first-order valence-electron chi connectivity index (χ1n) is 6.49. The van der Waals surface area contributed by atoms with Gasteiger partial charge in [0.1, 0.15) is 11.1 Å². The largest absolute Gasteiger partial charge is 0.493 e. The van der Waals surface area contributed by atoms with Gasteiger partial charge in [-0.15, -0.1) is 11.6 Å². The van der Waals surface area contributed by atoms with Gasteiger partial charge in [0.15, 0.2) is 0 Å². The molecule has 1 unspecified atom stereocenters. The van der Waals surface area contributed by atoms with Gasteiger partial charge in [0.2, 0.25) is 5.91 Å². The lowest BCUT2D eigenvalue weighted by Crippen LogP contribution is -2.17. The van der Waals surface area contributed by atoms with Crippen LogP contribution in [0.5, 0.6) is 5.75 Å². The molecule has 0 fully saturated rings. The Bertz CT molecular complexity index is 628. The summed E-state index contributed by atoms with van der Waals surface area (Å²) < 4.78 is 5.44. The minimum atomic E-state index is -0.694. The maximum Gasteiger partial charge on any atom is 0.246 e. The molecule has 20 heavy (non-hydrogen) atoms. The Morgan fingerprint density at radius 3 is 2.80 bits per heavy atom. The average molecular weight is 288 g/mol. The van der Waals surface area contributed by atoms with E-state index in [1.54, 1.807) is 0 Å². The second-order valence-corrected chi connectivity index (χ2v) is 5.12. The van der Waals surface area contributed by atoms with Crippen LogP contribution in [0.25, 0.3) is 0 Å². The standard InChI is InChI=1S/C16H14ClNO2/c17-15(11-4-2-1-3-5-11)16(19)18-13-6-7-14-12(10-13)8-9-20-14/h1-7,10,15H,8-9H2,(H,18,19). The minimum absolute atomic E-state index is 0.225. The van der Waals surface area contributed by atoms with Gasteiger partial charge in [0, 0.05) is 12.1 Å². The number of halogens is 1. The number of carbonyl (C=O) groups is 1. The zero-order valence-electron chi connectivity index (χ0n) is 10.8. The number of carbonyl (C=O) groups excluding carboxylic acids is 1. The third-order valence-electron chi connectivity index (χ3n) is 3.28. The second kappa shape index (κ2) is 5.55. The summed E-state index contributed by atoms with van der Waals surface area (Å²) >= 11 is 6.19. The van der Waals surface area contributed by atoms with Crippen LogP contribution in [-0.4, -0.2) is 12.5 Å². The number of alkyl halides is 1. The molecule has 1 amide bonds. The normalized spacial score (nSPS) is 14.2. The molecule has 3 nitrogen and oxygen atoms in total. The zero-order chi connectivity index (χ0) is 13.9. The maximum absolute atomic E-state index is 12.1. The molecule has 0 saturated heterocycles. The Labute approximate surface area is 122 Å². The van der Waals surface area contributed by atoms with Crippen molar-refractivity contribution >= 4 is 23.2 Å². The Morgan fingerprint density at radius 1 is 1.20 bits per heavy atom. The lowest BCUT2D eigenvalue weighted by Gasteiger charge is -2.11. The smallest absolute Gasteiger partial charge is 0.246 e. The molecule has 0 saturated carbocycles. The summed E-state index contributed by atoms with van der Waals surface area (Å²) in [4.78, 5) is 12.1. The summed E-state index contributed by atoms with van der Waals surface area (Å²) in [5.74, 6) is 0.671. The first-order valence-corrected chi connectivity index (χ1v) is 6.93. The van der Waals surface area contributed by atoms with E-state index < -0.39 is 5.38 Å². The van der Waals surface area contributed by atoms with E-state index in [1.807, 2.05) is 48.5 Å². The number of benzene rings is 2. The van der Waals surface area contributed by atoms with Crippen molar-refractivity contribution in [2.24, 2.45) is 0 Å². The van der Waals surface area contributed by atoms with Crippen LogP contribution in [0.3, 0.4) is 0 Å². The van der Waals surface area contributed by atoms with Gasteiger partial charge in [0.25, 0.3) is 0 Å². The van der Waals surface area contributed by atoms with Crippen LogP contribution in [-0.2, 0) is 11.2 Å².